The van der Waals surface area contributed by atoms with Gasteiger partial charge in [-0.25, -0.2) is 9.18 Å². The van der Waals surface area contributed by atoms with Gasteiger partial charge < -0.3 is 15.4 Å². The van der Waals surface area contributed by atoms with Crippen LogP contribution >= 0.6 is 0 Å². The summed E-state index contributed by atoms with van der Waals surface area (Å²) in [5, 5.41) is 6.20. The summed E-state index contributed by atoms with van der Waals surface area (Å²) in [6, 6.07) is 12.6. The molecule has 1 aromatic heterocycles. The number of amides is 1. The van der Waals surface area contributed by atoms with Crippen LogP contribution in [0.3, 0.4) is 0 Å². The van der Waals surface area contributed by atoms with E-state index in [1.54, 1.807) is 12.3 Å². The van der Waals surface area contributed by atoms with Gasteiger partial charge in [0.25, 0.3) is 0 Å². The van der Waals surface area contributed by atoms with Crippen molar-refractivity contribution in [2.75, 3.05) is 19.6 Å². The van der Waals surface area contributed by atoms with Crippen LogP contribution in [0.1, 0.15) is 17.7 Å². The zero-order chi connectivity index (χ0) is 18.0. The quantitative estimate of drug-likeness (QED) is 0.865. The first-order valence-electron chi connectivity index (χ1n) is 8.98. The van der Waals surface area contributed by atoms with Crippen LogP contribution in [0, 0.1) is 17.7 Å². The molecule has 0 radical (unpaired) electrons. The van der Waals surface area contributed by atoms with Gasteiger partial charge in [-0.2, -0.15) is 0 Å². The monoisotopic (exact) mass is 355 g/mol. The van der Waals surface area contributed by atoms with Gasteiger partial charge in [0.05, 0.1) is 5.69 Å². The summed E-state index contributed by atoms with van der Waals surface area (Å²) in [6.45, 7) is 2.29. The Labute approximate surface area is 152 Å². The van der Waals surface area contributed by atoms with Crippen LogP contribution in [0.25, 0.3) is 0 Å². The van der Waals surface area contributed by atoms with Gasteiger partial charge in [-0.3, -0.25) is 4.98 Å². The molecule has 136 valence electrons. The molecule has 2 N–H and O–H groups in total. The Bertz CT molecular complexity index is 772. The van der Waals surface area contributed by atoms with Crippen molar-refractivity contribution in [1.29, 1.82) is 0 Å². The first-order valence-corrected chi connectivity index (χ1v) is 8.98. The van der Waals surface area contributed by atoms with E-state index >= 15 is 0 Å². The topological polar surface area (TPSA) is 63.2 Å². The number of hydrogen-bond acceptors (Lipinski definition) is 4. The maximum Gasteiger partial charge on any atom is 0.407 e. The molecule has 1 saturated heterocycles. The van der Waals surface area contributed by atoms with Crippen molar-refractivity contribution in [2.24, 2.45) is 11.8 Å². The van der Waals surface area contributed by atoms with Crippen LogP contribution in [-0.4, -0.2) is 30.7 Å². The van der Waals surface area contributed by atoms with Crippen molar-refractivity contribution >= 4 is 6.09 Å². The third-order valence-electron chi connectivity index (χ3n) is 5.63. The molecule has 26 heavy (non-hydrogen) atoms. The minimum absolute atomic E-state index is 0.214. The molecule has 0 unspecified atom stereocenters. The Morgan fingerprint density at radius 1 is 1.27 bits per heavy atom. The number of ether oxygens (including phenoxy) is 1. The molecular weight excluding hydrogens is 333 g/mol. The highest BCUT2D eigenvalue weighted by molar-refractivity contribution is 5.67. The standard InChI is InChI=1S/C20H22FN3O2/c21-17-7-4-9-23-18(17)20(15-8-10-22-11-16(15)20)13-24-19(25)26-12-14-5-2-1-3-6-14/h1-7,9,15-16,22H,8,10-13H2,(H,24,25)/t15-,16+,20+/m1/s1. The number of fused-ring (bicyclic) bond motifs is 1. The van der Waals surface area contributed by atoms with Crippen molar-refractivity contribution in [3.63, 3.8) is 0 Å². The molecule has 0 spiro atoms. The molecule has 5 nitrogen and oxygen atoms in total. The molecule has 6 heteroatoms. The maximum atomic E-state index is 14.4. The third kappa shape index (κ3) is 3.05. The summed E-state index contributed by atoms with van der Waals surface area (Å²) in [6.07, 6.45) is 2.09. The zero-order valence-electron chi connectivity index (χ0n) is 14.5. The Kier molecular flexibility index (Phi) is 4.59. The van der Waals surface area contributed by atoms with Gasteiger partial charge in [-0.15, -0.1) is 0 Å². The number of nitrogens with one attached hydrogen (secondary N) is 2. The van der Waals surface area contributed by atoms with Crippen molar-refractivity contribution in [1.82, 2.24) is 15.6 Å². The van der Waals surface area contributed by atoms with E-state index < -0.39 is 11.5 Å². The first kappa shape index (κ1) is 17.0. The lowest BCUT2D eigenvalue weighted by Crippen LogP contribution is -2.36. The van der Waals surface area contributed by atoms with Gasteiger partial charge in [0.15, 0.2) is 0 Å². The fourth-order valence-electron chi connectivity index (χ4n) is 4.32. The highest BCUT2D eigenvalue weighted by Crippen LogP contribution is 2.61. The predicted octanol–water partition coefficient (Wildman–Crippen LogP) is 2.62. The van der Waals surface area contributed by atoms with Crippen LogP contribution in [0.5, 0.6) is 0 Å². The lowest BCUT2D eigenvalue weighted by atomic mass is 9.95. The molecule has 4 rings (SSSR count). The average Bonchev–Trinajstić information content (AvgIpc) is 3.34. The molecule has 1 aromatic carbocycles. The van der Waals surface area contributed by atoms with E-state index in [-0.39, 0.29) is 18.3 Å². The van der Waals surface area contributed by atoms with Gasteiger partial charge in [0.2, 0.25) is 0 Å². The highest BCUT2D eigenvalue weighted by Gasteiger charge is 2.67. The maximum absolute atomic E-state index is 14.4. The Morgan fingerprint density at radius 2 is 2.12 bits per heavy atom. The molecule has 1 saturated carbocycles. The third-order valence-corrected chi connectivity index (χ3v) is 5.63. The number of hydrogen-bond donors (Lipinski definition) is 2. The molecule has 3 atom stereocenters. The van der Waals surface area contributed by atoms with Gasteiger partial charge in [-0.1, -0.05) is 30.3 Å². The average molecular weight is 355 g/mol. The van der Waals surface area contributed by atoms with Crippen molar-refractivity contribution in [2.45, 2.75) is 18.4 Å². The summed E-state index contributed by atoms with van der Waals surface area (Å²) in [7, 11) is 0. The van der Waals surface area contributed by atoms with Gasteiger partial charge >= 0.3 is 6.09 Å². The molecule has 1 amide bonds. The molecule has 2 aliphatic rings. The van der Waals surface area contributed by atoms with E-state index in [2.05, 4.69) is 15.6 Å². The van der Waals surface area contributed by atoms with Crippen LogP contribution in [0.15, 0.2) is 48.7 Å². The Hall–Kier alpha value is -2.47. The van der Waals surface area contributed by atoms with Gasteiger partial charge in [0.1, 0.15) is 12.4 Å². The summed E-state index contributed by atoms with van der Waals surface area (Å²) >= 11 is 0. The van der Waals surface area contributed by atoms with E-state index in [0.717, 1.165) is 25.1 Å². The summed E-state index contributed by atoms with van der Waals surface area (Å²) in [5.74, 6) is 0.319. The molecule has 0 bridgehead atoms. The van der Waals surface area contributed by atoms with Crippen LogP contribution < -0.4 is 10.6 Å². The molecule has 2 fully saturated rings. The summed E-state index contributed by atoms with van der Waals surface area (Å²) in [5.41, 5.74) is 0.945. The minimum atomic E-state index is -0.485. The number of halogens is 1. The van der Waals surface area contributed by atoms with Crippen LogP contribution in [-0.2, 0) is 16.8 Å². The number of carbonyl (C=O) groups excluding carboxylic acids is 1. The Balaban J connectivity index is 1.43. The van der Waals surface area contributed by atoms with Crippen LogP contribution in [0.2, 0.25) is 0 Å². The normalized spacial score (nSPS) is 26.7. The minimum Gasteiger partial charge on any atom is -0.445 e. The lowest BCUT2D eigenvalue weighted by molar-refractivity contribution is 0.138. The predicted molar refractivity (Wildman–Crippen MR) is 95.0 cm³/mol. The number of carbonyl (C=O) groups is 1. The van der Waals surface area contributed by atoms with Crippen molar-refractivity contribution in [3.05, 3.63) is 65.7 Å². The molecule has 2 aromatic rings. The highest BCUT2D eigenvalue weighted by atomic mass is 19.1. The second kappa shape index (κ2) is 7.03. The molecule has 2 heterocycles. The summed E-state index contributed by atoms with van der Waals surface area (Å²) in [4.78, 5) is 16.5. The van der Waals surface area contributed by atoms with Crippen molar-refractivity contribution in [3.8, 4) is 0 Å². The number of aromatic nitrogens is 1. The molecular formula is C20H22FN3O2. The van der Waals surface area contributed by atoms with Gasteiger partial charge in [0, 0.05) is 18.2 Å². The number of pyridine rings is 1. The summed E-state index contributed by atoms with van der Waals surface area (Å²) < 4.78 is 19.7. The fourth-order valence-corrected chi connectivity index (χ4v) is 4.32. The van der Waals surface area contributed by atoms with E-state index in [9.17, 15) is 9.18 Å². The zero-order valence-corrected chi connectivity index (χ0v) is 14.5. The number of rotatable bonds is 5. The fraction of sp³-hybridized carbons (Fsp3) is 0.400. The smallest absolute Gasteiger partial charge is 0.407 e. The SMILES string of the molecule is O=C(NC[C@]1(c2ncccc2F)[C@@H]2CCNC[C@@H]21)OCc1ccccc1. The number of benzene rings is 1. The van der Waals surface area contributed by atoms with Crippen LogP contribution in [0.4, 0.5) is 9.18 Å². The molecule has 1 aliphatic carbocycles. The molecule has 1 aliphatic heterocycles. The second-order valence-corrected chi connectivity index (χ2v) is 7.00. The second-order valence-electron chi connectivity index (χ2n) is 7.00. The number of alkyl carbamates (subject to hydrolysis) is 1. The van der Waals surface area contributed by atoms with Gasteiger partial charge in [-0.05, 0) is 49.0 Å². The number of nitrogens with zero attached hydrogens (tertiary/aromatic N) is 1. The van der Waals surface area contributed by atoms with Crippen molar-refractivity contribution < 1.29 is 13.9 Å². The Morgan fingerprint density at radius 3 is 2.85 bits per heavy atom. The number of piperidine rings is 1. The van der Waals surface area contributed by atoms with E-state index in [0.29, 0.717) is 18.2 Å². The van der Waals surface area contributed by atoms with E-state index in [4.69, 9.17) is 4.74 Å². The lowest BCUT2D eigenvalue weighted by Gasteiger charge is -2.19. The van der Waals surface area contributed by atoms with E-state index in [1.807, 2.05) is 30.3 Å². The first-order chi connectivity index (χ1) is 12.7. The largest absolute Gasteiger partial charge is 0.445 e. The van der Waals surface area contributed by atoms with E-state index in [1.165, 1.54) is 6.07 Å².